The molecular formula is C20H23N5O5. The van der Waals surface area contributed by atoms with Gasteiger partial charge in [-0.3, -0.25) is 9.36 Å². The van der Waals surface area contributed by atoms with Crippen LogP contribution in [0.2, 0.25) is 0 Å². The smallest absolute Gasteiger partial charge is 0.278 e. The van der Waals surface area contributed by atoms with E-state index in [2.05, 4.69) is 27.1 Å². The number of fused-ring (bicyclic) bond motifs is 1. The average Bonchev–Trinajstić information content (AvgIpc) is 3.46. The van der Waals surface area contributed by atoms with E-state index in [0.717, 1.165) is 6.42 Å². The summed E-state index contributed by atoms with van der Waals surface area (Å²) in [5, 5.41) is 30.3. The number of aliphatic hydroxyl groups excluding tert-OH is 3. The van der Waals surface area contributed by atoms with Gasteiger partial charge < -0.3 is 29.9 Å². The van der Waals surface area contributed by atoms with E-state index in [-0.39, 0.29) is 11.2 Å². The van der Waals surface area contributed by atoms with Crippen molar-refractivity contribution in [1.29, 1.82) is 0 Å². The number of ether oxygens (including phenoxy) is 1. The lowest BCUT2D eigenvalue weighted by atomic mass is 9.99. The van der Waals surface area contributed by atoms with Crippen LogP contribution in [0.25, 0.3) is 11.2 Å². The molecule has 158 valence electrons. The Morgan fingerprint density at radius 1 is 1.20 bits per heavy atom. The number of nitrogens with zero attached hydrogens (tertiary/aromatic N) is 4. The van der Waals surface area contributed by atoms with Gasteiger partial charge in [0.05, 0.1) is 12.9 Å². The molecule has 0 bridgehead atoms. The summed E-state index contributed by atoms with van der Waals surface area (Å²) in [6.07, 6.45) is -2.34. The highest BCUT2D eigenvalue weighted by Crippen LogP contribution is 2.37. The van der Waals surface area contributed by atoms with E-state index < -0.39 is 36.7 Å². The van der Waals surface area contributed by atoms with Crippen LogP contribution in [-0.4, -0.2) is 72.8 Å². The van der Waals surface area contributed by atoms with Crippen molar-refractivity contribution in [2.24, 2.45) is 0 Å². The largest absolute Gasteiger partial charge is 0.394 e. The number of anilines is 1. The first kappa shape index (κ1) is 19.2. The van der Waals surface area contributed by atoms with E-state index in [1.54, 1.807) is 4.57 Å². The number of benzene rings is 1. The monoisotopic (exact) mass is 413 g/mol. The molecule has 0 saturated carbocycles. The number of aromatic amines is 1. The fourth-order valence-corrected chi connectivity index (χ4v) is 4.40. The van der Waals surface area contributed by atoms with Gasteiger partial charge >= 0.3 is 0 Å². The van der Waals surface area contributed by atoms with Crippen molar-refractivity contribution in [1.82, 2.24) is 19.5 Å². The standard InChI is InChI=1S/C20H23N5O5/c26-9-13-15(27)16(28)19(30-13)25-17-14(18(29)22-10-21-17)23-20(25)24-7-6-12(8-24)11-4-2-1-3-5-11/h1-5,10,12-13,15-16,19,26-28H,6-9H2,(H,21,22,29)/t12?,13-,15-,16-,19-/m1/s1. The summed E-state index contributed by atoms with van der Waals surface area (Å²) in [5.41, 5.74) is 1.22. The van der Waals surface area contributed by atoms with Gasteiger partial charge in [0.25, 0.3) is 5.56 Å². The van der Waals surface area contributed by atoms with Crippen molar-refractivity contribution < 1.29 is 20.1 Å². The molecule has 0 amide bonds. The van der Waals surface area contributed by atoms with Gasteiger partial charge in [-0.15, -0.1) is 0 Å². The lowest BCUT2D eigenvalue weighted by molar-refractivity contribution is -0.0504. The van der Waals surface area contributed by atoms with Crippen LogP contribution in [0.1, 0.15) is 24.1 Å². The molecule has 10 nitrogen and oxygen atoms in total. The summed E-state index contributed by atoms with van der Waals surface area (Å²) in [6, 6.07) is 10.2. The highest BCUT2D eigenvalue weighted by atomic mass is 16.6. The molecule has 2 aliphatic heterocycles. The molecule has 5 atom stereocenters. The molecule has 2 aliphatic rings. The van der Waals surface area contributed by atoms with Crippen molar-refractivity contribution in [2.45, 2.75) is 36.9 Å². The number of H-pyrrole nitrogens is 1. The van der Waals surface area contributed by atoms with E-state index in [9.17, 15) is 20.1 Å². The van der Waals surface area contributed by atoms with Gasteiger partial charge in [0.2, 0.25) is 5.95 Å². The summed E-state index contributed by atoms with van der Waals surface area (Å²) < 4.78 is 7.29. The quantitative estimate of drug-likeness (QED) is 0.459. The van der Waals surface area contributed by atoms with E-state index in [1.165, 1.54) is 11.9 Å². The first-order chi connectivity index (χ1) is 14.6. The van der Waals surface area contributed by atoms with Gasteiger partial charge in [0, 0.05) is 19.0 Å². The summed E-state index contributed by atoms with van der Waals surface area (Å²) in [5.74, 6) is 0.748. The van der Waals surface area contributed by atoms with E-state index >= 15 is 0 Å². The summed E-state index contributed by atoms with van der Waals surface area (Å²) in [7, 11) is 0. The van der Waals surface area contributed by atoms with Crippen molar-refractivity contribution >= 4 is 17.1 Å². The van der Waals surface area contributed by atoms with Crippen molar-refractivity contribution in [3.63, 3.8) is 0 Å². The maximum absolute atomic E-state index is 12.3. The van der Waals surface area contributed by atoms with Crippen LogP contribution in [0.3, 0.4) is 0 Å². The van der Waals surface area contributed by atoms with Gasteiger partial charge in [0.1, 0.15) is 18.3 Å². The second-order valence-electron chi connectivity index (χ2n) is 7.76. The molecule has 2 fully saturated rings. The number of hydrogen-bond acceptors (Lipinski definition) is 8. The molecule has 10 heteroatoms. The fraction of sp³-hybridized carbons (Fsp3) is 0.450. The SMILES string of the molecule is O=c1[nH]cnc2c1nc(N1CCC(c3ccccc3)C1)n2[C@@H]1O[C@H](CO)[C@@H](O)[C@H]1O. The number of aromatic nitrogens is 4. The van der Waals surface area contributed by atoms with Crippen LogP contribution in [0.4, 0.5) is 5.95 Å². The molecule has 3 aromatic rings. The lowest BCUT2D eigenvalue weighted by Crippen LogP contribution is -2.34. The molecular weight excluding hydrogens is 390 g/mol. The number of rotatable bonds is 4. The molecule has 30 heavy (non-hydrogen) atoms. The third-order valence-corrected chi connectivity index (χ3v) is 5.98. The first-order valence-corrected chi connectivity index (χ1v) is 9.96. The van der Waals surface area contributed by atoms with Crippen LogP contribution >= 0.6 is 0 Å². The van der Waals surface area contributed by atoms with E-state index in [1.807, 2.05) is 23.1 Å². The van der Waals surface area contributed by atoms with Gasteiger partial charge in [0.15, 0.2) is 17.4 Å². The fourth-order valence-electron chi connectivity index (χ4n) is 4.40. The first-order valence-electron chi connectivity index (χ1n) is 9.96. The third-order valence-electron chi connectivity index (χ3n) is 5.98. The summed E-state index contributed by atoms with van der Waals surface area (Å²) in [4.78, 5) is 25.7. The molecule has 2 aromatic heterocycles. The van der Waals surface area contributed by atoms with E-state index in [0.29, 0.717) is 25.0 Å². The molecule has 1 unspecified atom stereocenters. The molecule has 0 radical (unpaired) electrons. The molecule has 1 aromatic carbocycles. The average molecular weight is 413 g/mol. The van der Waals surface area contributed by atoms with Gasteiger partial charge in [-0.1, -0.05) is 30.3 Å². The number of aliphatic hydroxyl groups is 3. The van der Waals surface area contributed by atoms with Crippen LogP contribution in [0.15, 0.2) is 41.5 Å². The molecule has 4 N–H and O–H groups in total. The molecule has 4 heterocycles. The zero-order valence-corrected chi connectivity index (χ0v) is 16.1. The highest BCUT2D eigenvalue weighted by Gasteiger charge is 2.45. The highest BCUT2D eigenvalue weighted by molar-refractivity contribution is 5.74. The van der Waals surface area contributed by atoms with Gasteiger partial charge in [-0.25, -0.2) is 9.97 Å². The Balaban J connectivity index is 1.57. The van der Waals surface area contributed by atoms with Crippen molar-refractivity contribution in [3.8, 4) is 0 Å². The number of nitrogens with one attached hydrogen (secondary N) is 1. The Bertz CT molecular complexity index is 1100. The maximum atomic E-state index is 12.3. The second kappa shape index (κ2) is 7.47. The lowest BCUT2D eigenvalue weighted by Gasteiger charge is -2.24. The molecule has 2 saturated heterocycles. The topological polar surface area (TPSA) is 137 Å². The summed E-state index contributed by atoms with van der Waals surface area (Å²) in [6.45, 7) is 0.945. The van der Waals surface area contributed by atoms with Crippen LogP contribution < -0.4 is 10.5 Å². The predicted molar refractivity (Wildman–Crippen MR) is 107 cm³/mol. The van der Waals surface area contributed by atoms with Crippen LogP contribution in [0.5, 0.6) is 0 Å². The maximum Gasteiger partial charge on any atom is 0.278 e. The second-order valence-corrected chi connectivity index (χ2v) is 7.76. The third kappa shape index (κ3) is 3.00. The number of imidazole rings is 1. The van der Waals surface area contributed by atoms with Crippen LogP contribution in [0, 0.1) is 0 Å². The Morgan fingerprint density at radius 2 is 2.00 bits per heavy atom. The Labute approximate surface area is 171 Å². The summed E-state index contributed by atoms with van der Waals surface area (Å²) >= 11 is 0. The minimum atomic E-state index is -1.30. The zero-order valence-electron chi connectivity index (χ0n) is 16.1. The van der Waals surface area contributed by atoms with Crippen molar-refractivity contribution in [3.05, 3.63) is 52.6 Å². The van der Waals surface area contributed by atoms with Crippen LogP contribution in [-0.2, 0) is 4.74 Å². The van der Waals surface area contributed by atoms with Gasteiger partial charge in [-0.2, -0.15) is 0 Å². The Hall–Kier alpha value is -2.79. The molecule has 0 spiro atoms. The minimum absolute atomic E-state index is 0.133. The Kier molecular flexibility index (Phi) is 4.78. The van der Waals surface area contributed by atoms with E-state index in [4.69, 9.17) is 4.74 Å². The minimum Gasteiger partial charge on any atom is -0.394 e. The number of hydrogen-bond donors (Lipinski definition) is 4. The predicted octanol–water partition coefficient (Wildman–Crippen LogP) is -0.275. The molecule has 5 rings (SSSR count). The Morgan fingerprint density at radius 3 is 2.73 bits per heavy atom. The molecule has 0 aliphatic carbocycles. The zero-order chi connectivity index (χ0) is 20.8. The van der Waals surface area contributed by atoms with Crippen molar-refractivity contribution in [2.75, 3.05) is 24.6 Å². The van der Waals surface area contributed by atoms with Gasteiger partial charge in [-0.05, 0) is 12.0 Å². The normalized spacial score (nSPS) is 29.2.